The molecule has 1 amide bonds. The maximum Gasteiger partial charge on any atom is 0.233 e. The fourth-order valence-electron chi connectivity index (χ4n) is 5.18. The van der Waals surface area contributed by atoms with Crippen LogP contribution in [0.4, 0.5) is 14.5 Å². The molecule has 46 heavy (non-hydrogen) atoms. The molecule has 250 valence electrons. The van der Waals surface area contributed by atoms with Gasteiger partial charge in [0.1, 0.15) is 23.1 Å². The van der Waals surface area contributed by atoms with Crippen LogP contribution in [0.25, 0.3) is 0 Å². The molecular formula is C33H40F2NO8SSi-. The van der Waals surface area contributed by atoms with Crippen molar-refractivity contribution in [2.24, 2.45) is 5.92 Å². The molecule has 0 aliphatic carbocycles. The topological polar surface area (TPSA) is 125 Å². The minimum atomic E-state index is -4.79. The summed E-state index contributed by atoms with van der Waals surface area (Å²) in [5, 5.41) is 11.0. The number of amides is 1. The van der Waals surface area contributed by atoms with Gasteiger partial charge >= 0.3 is 0 Å². The fraction of sp³-hybridized carbons (Fsp3) is 0.424. The standard InChI is InChI=1S/C33H41F2NO8SSi/c1-33(2,3)46(4,5)44-30(22-7-9-23(34)10-8-22)18-17-28-31(36(32(28)38)25-13-11-24(35)12-14-25)27-16-15-26(21-29(27)37)42-19-6-20-43-45(39,40)41/h7-16,21,28,30-31,37H,6,17-20H2,1-5H3,(H,39,40,41)/p-1/t28-,30-,31-/m1/s1. The number of halogens is 2. The maximum absolute atomic E-state index is 13.8. The lowest BCUT2D eigenvalue weighted by atomic mass is 9.78. The molecule has 3 aromatic carbocycles. The van der Waals surface area contributed by atoms with E-state index in [-0.39, 0.29) is 48.3 Å². The summed E-state index contributed by atoms with van der Waals surface area (Å²) in [6.07, 6.45) is 0.594. The zero-order chi connectivity index (χ0) is 33.9. The van der Waals surface area contributed by atoms with Gasteiger partial charge in [0.15, 0.2) is 8.32 Å². The molecule has 1 N–H and O–H groups in total. The third-order valence-corrected chi connectivity index (χ3v) is 13.6. The van der Waals surface area contributed by atoms with E-state index in [0.29, 0.717) is 29.8 Å². The van der Waals surface area contributed by atoms with Gasteiger partial charge < -0.3 is 23.7 Å². The third-order valence-electron chi connectivity index (χ3n) is 8.65. The Morgan fingerprint density at radius 2 is 1.59 bits per heavy atom. The van der Waals surface area contributed by atoms with Crippen LogP contribution in [0.5, 0.6) is 11.5 Å². The summed E-state index contributed by atoms with van der Waals surface area (Å²) in [6.45, 7) is 10.4. The minimum Gasteiger partial charge on any atom is -0.726 e. The van der Waals surface area contributed by atoms with Gasteiger partial charge in [-0.1, -0.05) is 32.9 Å². The molecule has 4 rings (SSSR count). The van der Waals surface area contributed by atoms with Crippen molar-refractivity contribution < 1.29 is 45.0 Å². The Kier molecular flexibility index (Phi) is 10.9. The first kappa shape index (κ1) is 35.5. The summed E-state index contributed by atoms with van der Waals surface area (Å²) < 4.78 is 75.9. The highest BCUT2D eigenvalue weighted by molar-refractivity contribution is 7.80. The van der Waals surface area contributed by atoms with Crippen LogP contribution in [0.2, 0.25) is 18.1 Å². The number of phenolic OH excluding ortho intramolecular Hbond substituents is 1. The highest BCUT2D eigenvalue weighted by Gasteiger charge is 2.50. The molecular weight excluding hydrogens is 637 g/mol. The second kappa shape index (κ2) is 14.2. The molecule has 1 aliphatic heterocycles. The van der Waals surface area contributed by atoms with Crippen LogP contribution in [0, 0.1) is 17.6 Å². The first-order valence-corrected chi connectivity index (χ1v) is 19.3. The number of carbonyl (C=O) groups excluding carboxylic acids is 1. The van der Waals surface area contributed by atoms with Crippen LogP contribution in [0.3, 0.4) is 0 Å². The molecule has 0 aromatic heterocycles. The number of hydrogen-bond donors (Lipinski definition) is 1. The lowest BCUT2D eigenvalue weighted by Gasteiger charge is -2.48. The Morgan fingerprint density at radius 3 is 2.15 bits per heavy atom. The van der Waals surface area contributed by atoms with Crippen molar-refractivity contribution in [2.75, 3.05) is 18.1 Å². The van der Waals surface area contributed by atoms with Crippen LogP contribution in [0.1, 0.15) is 63.3 Å². The van der Waals surface area contributed by atoms with Crippen molar-refractivity contribution >= 4 is 30.3 Å². The molecule has 13 heteroatoms. The molecule has 0 spiro atoms. The van der Waals surface area contributed by atoms with Crippen molar-refractivity contribution in [1.82, 2.24) is 0 Å². The quantitative estimate of drug-likeness (QED) is 0.0627. The number of benzene rings is 3. The van der Waals surface area contributed by atoms with Gasteiger partial charge in [-0.05, 0) is 85.1 Å². The van der Waals surface area contributed by atoms with Gasteiger partial charge in [0.2, 0.25) is 16.3 Å². The maximum atomic E-state index is 13.8. The second-order valence-electron chi connectivity index (χ2n) is 12.9. The van der Waals surface area contributed by atoms with Crippen LogP contribution in [0.15, 0.2) is 66.7 Å². The van der Waals surface area contributed by atoms with Crippen LogP contribution in [-0.4, -0.2) is 45.5 Å². The number of aromatic hydroxyl groups is 1. The Morgan fingerprint density at radius 1 is 0.978 bits per heavy atom. The van der Waals surface area contributed by atoms with Crippen molar-refractivity contribution in [2.45, 2.75) is 70.3 Å². The molecule has 9 nitrogen and oxygen atoms in total. The van der Waals surface area contributed by atoms with E-state index in [2.05, 4.69) is 38.0 Å². The third kappa shape index (κ3) is 8.71. The van der Waals surface area contributed by atoms with Crippen molar-refractivity contribution in [3.8, 4) is 11.5 Å². The van der Waals surface area contributed by atoms with Crippen LogP contribution < -0.4 is 9.64 Å². The Hall–Kier alpha value is -3.36. The Bertz CT molecular complexity index is 1610. The highest BCUT2D eigenvalue weighted by Crippen LogP contribution is 2.50. The first-order valence-electron chi connectivity index (χ1n) is 15.0. The van der Waals surface area contributed by atoms with E-state index in [1.165, 1.54) is 47.4 Å². The van der Waals surface area contributed by atoms with E-state index in [4.69, 9.17) is 9.16 Å². The highest BCUT2D eigenvalue weighted by atomic mass is 32.3. The molecule has 0 bridgehead atoms. The van der Waals surface area contributed by atoms with E-state index in [9.17, 15) is 31.7 Å². The predicted molar refractivity (Wildman–Crippen MR) is 171 cm³/mol. The largest absolute Gasteiger partial charge is 0.726 e. The van der Waals surface area contributed by atoms with Gasteiger partial charge in [0.25, 0.3) is 0 Å². The molecule has 1 fully saturated rings. The molecule has 0 saturated carbocycles. The van der Waals surface area contributed by atoms with Gasteiger partial charge in [0.05, 0.1) is 31.3 Å². The van der Waals surface area contributed by atoms with E-state index in [1.807, 2.05) is 0 Å². The molecule has 1 heterocycles. The van der Waals surface area contributed by atoms with Gasteiger partial charge in [-0.15, -0.1) is 0 Å². The molecule has 0 radical (unpaired) electrons. The van der Waals surface area contributed by atoms with Crippen molar-refractivity contribution in [1.29, 1.82) is 0 Å². The lowest BCUT2D eigenvalue weighted by Crippen LogP contribution is -2.55. The van der Waals surface area contributed by atoms with Gasteiger partial charge in [-0.3, -0.25) is 8.98 Å². The Labute approximate surface area is 270 Å². The monoisotopic (exact) mass is 676 g/mol. The van der Waals surface area contributed by atoms with Gasteiger partial charge in [-0.2, -0.15) is 0 Å². The average Bonchev–Trinajstić information content (AvgIpc) is 2.96. The first-order chi connectivity index (χ1) is 21.5. The van der Waals surface area contributed by atoms with E-state index >= 15 is 0 Å². The summed E-state index contributed by atoms with van der Waals surface area (Å²) in [5.74, 6) is -1.36. The van der Waals surface area contributed by atoms with Crippen molar-refractivity contribution in [3.05, 3.63) is 89.5 Å². The SMILES string of the molecule is CC(C)(C)[Si](C)(C)O[C@H](CC[C@H]1C(=O)N(c2ccc(F)cc2)[C@@H]1c1ccc(OCCCOS(=O)(=O)[O-])cc1O)c1ccc(F)cc1. The lowest BCUT2D eigenvalue weighted by molar-refractivity contribution is -0.131. The zero-order valence-corrected chi connectivity index (χ0v) is 28.4. The number of ether oxygens (including phenoxy) is 1. The normalized spacial score (nSPS) is 17.9. The number of hydrogen-bond acceptors (Lipinski definition) is 8. The second-order valence-corrected chi connectivity index (χ2v) is 18.7. The molecule has 1 saturated heterocycles. The number of anilines is 1. The summed E-state index contributed by atoms with van der Waals surface area (Å²) in [4.78, 5) is 15.2. The molecule has 0 unspecified atom stereocenters. The van der Waals surface area contributed by atoms with Crippen LogP contribution in [-0.2, 0) is 23.8 Å². The minimum absolute atomic E-state index is 0.0273. The average molecular weight is 677 g/mol. The number of phenols is 1. The van der Waals surface area contributed by atoms with E-state index < -0.39 is 36.5 Å². The van der Waals surface area contributed by atoms with Gasteiger partial charge in [0, 0.05) is 23.7 Å². The van der Waals surface area contributed by atoms with E-state index in [0.717, 1.165) is 5.56 Å². The van der Waals surface area contributed by atoms with Gasteiger partial charge in [-0.25, -0.2) is 17.2 Å². The summed E-state index contributed by atoms with van der Waals surface area (Å²) >= 11 is 0. The Balaban J connectivity index is 1.58. The number of β-lactam (4-membered cyclic amide) rings is 1. The predicted octanol–water partition coefficient (Wildman–Crippen LogP) is 7.16. The van der Waals surface area contributed by atoms with E-state index in [1.54, 1.807) is 24.3 Å². The molecule has 1 aliphatic rings. The summed E-state index contributed by atoms with van der Waals surface area (Å²) in [6, 6.07) is 15.8. The van der Waals surface area contributed by atoms with Crippen LogP contribution >= 0.6 is 0 Å². The fourth-order valence-corrected chi connectivity index (χ4v) is 6.82. The van der Waals surface area contributed by atoms with Crippen molar-refractivity contribution in [3.63, 3.8) is 0 Å². The summed E-state index contributed by atoms with van der Waals surface area (Å²) in [7, 11) is -7.06. The molecule has 3 atom stereocenters. The summed E-state index contributed by atoms with van der Waals surface area (Å²) in [5.41, 5.74) is 1.76. The number of nitrogens with zero attached hydrogens (tertiary/aromatic N) is 1. The molecule has 3 aromatic rings. The zero-order valence-electron chi connectivity index (χ0n) is 26.5. The number of rotatable bonds is 14. The number of carbonyl (C=O) groups is 1. The smallest absolute Gasteiger partial charge is 0.233 e.